The Morgan fingerprint density at radius 3 is 2.81 bits per heavy atom. The second kappa shape index (κ2) is 4.06. The van der Waals surface area contributed by atoms with E-state index < -0.39 is 5.97 Å². The van der Waals surface area contributed by atoms with Gasteiger partial charge in [-0.15, -0.1) is 0 Å². The standard InChI is InChI=1S/C13H19NO2/c1-13(2)9-10-5-3-4-6-11(10)14(13)8-7-12(15)16/h3-6,10-11H,7-9H2,1-2H3,(H,15,16)/p+1. The van der Waals surface area contributed by atoms with Gasteiger partial charge in [-0.2, -0.15) is 0 Å². The number of likely N-dealkylation sites (tertiary alicyclic amines) is 1. The molecule has 0 spiro atoms. The van der Waals surface area contributed by atoms with Crippen molar-refractivity contribution in [1.29, 1.82) is 0 Å². The third kappa shape index (κ3) is 2.05. The number of carbonyl (C=O) groups is 1. The molecular formula is C13H20NO2+. The number of rotatable bonds is 3. The minimum absolute atomic E-state index is 0.184. The van der Waals surface area contributed by atoms with E-state index >= 15 is 0 Å². The summed E-state index contributed by atoms with van der Waals surface area (Å²) in [5.41, 5.74) is 0.184. The first-order valence-electron chi connectivity index (χ1n) is 5.94. The average Bonchev–Trinajstić information content (AvgIpc) is 2.44. The molecule has 0 radical (unpaired) electrons. The van der Waals surface area contributed by atoms with Gasteiger partial charge in [0.25, 0.3) is 0 Å². The molecule has 3 nitrogen and oxygen atoms in total. The number of carboxylic acids is 1. The van der Waals surface area contributed by atoms with Crippen LogP contribution < -0.4 is 4.90 Å². The Morgan fingerprint density at radius 1 is 1.44 bits per heavy atom. The maximum Gasteiger partial charge on any atom is 0.309 e. The van der Waals surface area contributed by atoms with E-state index in [1.165, 1.54) is 4.90 Å². The summed E-state index contributed by atoms with van der Waals surface area (Å²) in [5, 5.41) is 8.79. The van der Waals surface area contributed by atoms with E-state index in [4.69, 9.17) is 5.11 Å². The highest BCUT2D eigenvalue weighted by Crippen LogP contribution is 2.27. The van der Waals surface area contributed by atoms with E-state index in [0.29, 0.717) is 12.0 Å². The summed E-state index contributed by atoms with van der Waals surface area (Å²) < 4.78 is 0. The van der Waals surface area contributed by atoms with Crippen molar-refractivity contribution in [1.82, 2.24) is 0 Å². The van der Waals surface area contributed by atoms with Crippen LogP contribution >= 0.6 is 0 Å². The van der Waals surface area contributed by atoms with Gasteiger partial charge >= 0.3 is 5.97 Å². The summed E-state index contributed by atoms with van der Waals surface area (Å²) in [6, 6.07) is 0.472. The number of nitrogens with one attached hydrogen (secondary N) is 1. The Hall–Kier alpha value is -1.09. The Bertz CT molecular complexity index is 344. The summed E-state index contributed by atoms with van der Waals surface area (Å²) in [7, 11) is 0. The van der Waals surface area contributed by atoms with Gasteiger partial charge < -0.3 is 10.0 Å². The molecule has 1 heterocycles. The van der Waals surface area contributed by atoms with Crippen LogP contribution in [0.15, 0.2) is 24.3 Å². The smallest absolute Gasteiger partial charge is 0.309 e. The summed E-state index contributed by atoms with van der Waals surface area (Å²) >= 11 is 0. The third-order valence-corrected chi connectivity index (χ3v) is 3.88. The lowest BCUT2D eigenvalue weighted by Crippen LogP contribution is -3.20. The molecule has 0 aromatic heterocycles. The topological polar surface area (TPSA) is 41.7 Å². The van der Waals surface area contributed by atoms with Gasteiger partial charge in [0, 0.05) is 12.3 Å². The van der Waals surface area contributed by atoms with Crippen molar-refractivity contribution in [3.63, 3.8) is 0 Å². The van der Waals surface area contributed by atoms with Crippen molar-refractivity contribution in [2.45, 2.75) is 38.3 Å². The minimum Gasteiger partial charge on any atom is -0.481 e. The average molecular weight is 222 g/mol. The highest BCUT2D eigenvalue weighted by Gasteiger charge is 2.48. The molecule has 0 amide bonds. The SMILES string of the molecule is CC1(C)CC2C=CC=CC2[NH+]1CCC(=O)O. The number of carboxylic acid groups (broad SMARTS) is 1. The maximum atomic E-state index is 10.7. The number of quaternary nitrogens is 1. The summed E-state index contributed by atoms with van der Waals surface area (Å²) in [6.45, 7) is 5.20. The highest BCUT2D eigenvalue weighted by atomic mass is 16.4. The molecule has 2 N–H and O–H groups in total. The van der Waals surface area contributed by atoms with Crippen LogP contribution in [0.4, 0.5) is 0 Å². The number of hydrogen-bond acceptors (Lipinski definition) is 1. The third-order valence-electron chi connectivity index (χ3n) is 3.88. The molecule has 1 fully saturated rings. The second-order valence-electron chi connectivity index (χ2n) is 5.47. The largest absolute Gasteiger partial charge is 0.481 e. The van der Waals surface area contributed by atoms with Crippen LogP contribution in [0.25, 0.3) is 0 Å². The summed E-state index contributed by atoms with van der Waals surface area (Å²) in [6.07, 6.45) is 10.1. The van der Waals surface area contributed by atoms with Crippen LogP contribution in [-0.2, 0) is 4.79 Å². The van der Waals surface area contributed by atoms with Crippen LogP contribution in [0, 0.1) is 5.92 Å². The molecule has 1 saturated heterocycles. The van der Waals surface area contributed by atoms with Crippen LogP contribution in [0.5, 0.6) is 0 Å². The summed E-state index contributed by atoms with van der Waals surface area (Å²) in [4.78, 5) is 12.1. The molecule has 16 heavy (non-hydrogen) atoms. The number of hydrogen-bond donors (Lipinski definition) is 2. The van der Waals surface area contributed by atoms with E-state index in [9.17, 15) is 4.79 Å². The molecule has 0 aromatic carbocycles. The van der Waals surface area contributed by atoms with Crippen molar-refractivity contribution >= 4 is 5.97 Å². The first-order chi connectivity index (χ1) is 7.50. The van der Waals surface area contributed by atoms with Crippen LogP contribution in [-0.4, -0.2) is 29.2 Å². The Labute approximate surface area is 96.4 Å². The van der Waals surface area contributed by atoms with Gasteiger partial charge in [0.15, 0.2) is 0 Å². The first kappa shape index (κ1) is 11.4. The van der Waals surface area contributed by atoms with Gasteiger partial charge in [0.1, 0.15) is 6.04 Å². The molecule has 0 aromatic rings. The van der Waals surface area contributed by atoms with Gasteiger partial charge in [0.05, 0.1) is 18.5 Å². The monoisotopic (exact) mass is 222 g/mol. The molecule has 0 bridgehead atoms. The van der Waals surface area contributed by atoms with Crippen LogP contribution in [0.2, 0.25) is 0 Å². The zero-order valence-electron chi connectivity index (χ0n) is 9.94. The van der Waals surface area contributed by atoms with Crippen LogP contribution in [0.1, 0.15) is 26.7 Å². The Balaban J connectivity index is 2.11. The van der Waals surface area contributed by atoms with Crippen LogP contribution in [0.3, 0.4) is 0 Å². The molecule has 1 aliphatic carbocycles. The maximum absolute atomic E-state index is 10.7. The highest BCUT2D eigenvalue weighted by molar-refractivity contribution is 5.66. The molecule has 3 atom stereocenters. The van der Waals surface area contributed by atoms with Crippen molar-refractivity contribution in [3.8, 4) is 0 Å². The van der Waals surface area contributed by atoms with Gasteiger partial charge in [-0.3, -0.25) is 4.79 Å². The molecular weight excluding hydrogens is 202 g/mol. The van der Waals surface area contributed by atoms with E-state index in [1.54, 1.807) is 0 Å². The van der Waals surface area contributed by atoms with E-state index in [2.05, 4.69) is 38.2 Å². The molecule has 1 aliphatic heterocycles. The predicted octanol–water partition coefficient (Wildman–Crippen LogP) is 0.639. The number of fused-ring (bicyclic) bond motifs is 1. The fourth-order valence-corrected chi connectivity index (χ4v) is 3.14. The first-order valence-corrected chi connectivity index (χ1v) is 5.94. The van der Waals surface area contributed by atoms with Gasteiger partial charge in [0.2, 0.25) is 0 Å². The number of allylic oxidation sites excluding steroid dienone is 2. The molecule has 2 rings (SSSR count). The second-order valence-corrected chi connectivity index (χ2v) is 5.47. The number of aliphatic carboxylic acids is 1. The van der Waals surface area contributed by atoms with Crippen molar-refractivity contribution < 1.29 is 14.8 Å². The lowest BCUT2D eigenvalue weighted by Gasteiger charge is -2.31. The van der Waals surface area contributed by atoms with E-state index in [-0.39, 0.29) is 12.0 Å². The van der Waals surface area contributed by atoms with E-state index in [0.717, 1.165) is 13.0 Å². The Morgan fingerprint density at radius 2 is 2.12 bits per heavy atom. The molecule has 0 saturated carbocycles. The lowest BCUT2D eigenvalue weighted by atomic mass is 9.92. The minimum atomic E-state index is -0.693. The quantitative estimate of drug-likeness (QED) is 0.736. The fourth-order valence-electron chi connectivity index (χ4n) is 3.14. The molecule has 88 valence electrons. The predicted molar refractivity (Wildman–Crippen MR) is 62.3 cm³/mol. The van der Waals surface area contributed by atoms with Crippen molar-refractivity contribution in [2.75, 3.05) is 6.54 Å². The van der Waals surface area contributed by atoms with Gasteiger partial charge in [-0.1, -0.05) is 18.2 Å². The van der Waals surface area contributed by atoms with Gasteiger partial charge in [-0.25, -0.2) is 0 Å². The van der Waals surface area contributed by atoms with Crippen molar-refractivity contribution in [2.24, 2.45) is 5.92 Å². The van der Waals surface area contributed by atoms with E-state index in [1.807, 2.05) is 0 Å². The molecule has 3 heteroatoms. The zero-order chi connectivity index (χ0) is 11.8. The molecule has 3 unspecified atom stereocenters. The summed E-state index contributed by atoms with van der Waals surface area (Å²) in [5.74, 6) is -0.106. The lowest BCUT2D eigenvalue weighted by molar-refractivity contribution is -0.952. The van der Waals surface area contributed by atoms with Gasteiger partial charge in [-0.05, 0) is 19.9 Å². The normalized spacial score (nSPS) is 35.0. The zero-order valence-corrected chi connectivity index (χ0v) is 9.94. The Kier molecular flexibility index (Phi) is 2.89. The fraction of sp³-hybridized carbons (Fsp3) is 0.615. The molecule has 2 aliphatic rings. The van der Waals surface area contributed by atoms with Crippen molar-refractivity contribution in [3.05, 3.63) is 24.3 Å².